The molecule has 0 atom stereocenters. The lowest BCUT2D eigenvalue weighted by atomic mass is 10.2. The van der Waals surface area contributed by atoms with Gasteiger partial charge in [0.1, 0.15) is 11.3 Å². The summed E-state index contributed by atoms with van der Waals surface area (Å²) in [5.41, 5.74) is 0.700. The third-order valence-electron chi connectivity index (χ3n) is 5.20. The molecule has 1 fully saturated rings. The van der Waals surface area contributed by atoms with E-state index in [1.165, 1.54) is 25.1 Å². The molecule has 9 heteroatoms. The van der Waals surface area contributed by atoms with E-state index in [2.05, 4.69) is 25.8 Å². The molecule has 1 aliphatic rings. The van der Waals surface area contributed by atoms with E-state index in [4.69, 9.17) is 4.74 Å². The van der Waals surface area contributed by atoms with Crippen LogP contribution in [0.3, 0.4) is 0 Å². The molecule has 0 radical (unpaired) electrons. The maximum atomic E-state index is 12.7. The van der Waals surface area contributed by atoms with E-state index in [1.807, 2.05) is 0 Å². The maximum absolute atomic E-state index is 12.7. The highest BCUT2D eigenvalue weighted by molar-refractivity contribution is 6.06. The number of hydrogen-bond donors (Lipinski definition) is 3. The van der Waals surface area contributed by atoms with Crippen molar-refractivity contribution in [2.75, 3.05) is 36.8 Å². The first-order valence-corrected chi connectivity index (χ1v) is 11.6. The predicted molar refractivity (Wildman–Crippen MR) is 131 cm³/mol. The van der Waals surface area contributed by atoms with Gasteiger partial charge in [-0.1, -0.05) is 12.1 Å². The highest BCUT2D eigenvalue weighted by Crippen LogP contribution is 2.22. The summed E-state index contributed by atoms with van der Waals surface area (Å²) in [7, 11) is 0. The minimum Gasteiger partial charge on any atom is -0.444 e. The van der Waals surface area contributed by atoms with Crippen molar-refractivity contribution in [1.82, 2.24) is 15.2 Å². The molecule has 1 aromatic carbocycles. The Hall–Kier alpha value is -3.46. The molecular weight excluding hydrogens is 434 g/mol. The molecule has 9 nitrogen and oxygen atoms in total. The van der Waals surface area contributed by atoms with Gasteiger partial charge in [-0.15, -0.1) is 0 Å². The normalized spacial score (nSPS) is 13.9. The molecule has 1 aromatic heterocycles. The molecule has 3 N–H and O–H groups in total. The number of rotatable bonds is 8. The number of pyridine rings is 1. The van der Waals surface area contributed by atoms with Crippen molar-refractivity contribution in [2.24, 2.45) is 0 Å². The van der Waals surface area contributed by atoms with Gasteiger partial charge >= 0.3 is 6.09 Å². The van der Waals surface area contributed by atoms with Crippen LogP contribution in [-0.2, 0) is 4.74 Å². The van der Waals surface area contributed by atoms with Crippen LogP contribution in [0, 0.1) is 0 Å². The van der Waals surface area contributed by atoms with Crippen LogP contribution in [0.25, 0.3) is 0 Å². The number of carbonyl (C=O) groups is 3. The van der Waals surface area contributed by atoms with Crippen LogP contribution in [0.2, 0.25) is 0 Å². The Balaban J connectivity index is 1.52. The van der Waals surface area contributed by atoms with E-state index in [1.54, 1.807) is 51.1 Å². The van der Waals surface area contributed by atoms with Crippen LogP contribution in [-0.4, -0.2) is 59.6 Å². The zero-order valence-corrected chi connectivity index (χ0v) is 20.0. The lowest BCUT2D eigenvalue weighted by Crippen LogP contribution is -2.28. The molecule has 34 heavy (non-hydrogen) atoms. The van der Waals surface area contributed by atoms with Crippen molar-refractivity contribution >= 4 is 29.3 Å². The molecule has 2 aromatic rings. The van der Waals surface area contributed by atoms with E-state index in [0.29, 0.717) is 23.5 Å². The van der Waals surface area contributed by atoms with E-state index < -0.39 is 17.6 Å². The van der Waals surface area contributed by atoms with Gasteiger partial charge in [0.05, 0.1) is 16.9 Å². The van der Waals surface area contributed by atoms with Gasteiger partial charge in [0.2, 0.25) is 0 Å². The highest BCUT2D eigenvalue weighted by Gasteiger charge is 2.18. The molecule has 1 aliphatic heterocycles. The van der Waals surface area contributed by atoms with E-state index in [0.717, 1.165) is 26.1 Å². The summed E-state index contributed by atoms with van der Waals surface area (Å²) in [5.74, 6) is -0.677. The molecule has 0 unspecified atom stereocenters. The predicted octanol–water partition coefficient (Wildman–Crippen LogP) is 3.90. The molecule has 0 spiro atoms. The molecule has 0 bridgehead atoms. The van der Waals surface area contributed by atoms with Gasteiger partial charge in [-0.05, 0) is 83.9 Å². The quantitative estimate of drug-likeness (QED) is 0.508. The number of ether oxygens (including phenoxy) is 1. The van der Waals surface area contributed by atoms with Crippen LogP contribution in [0.15, 0.2) is 42.6 Å². The van der Waals surface area contributed by atoms with Crippen molar-refractivity contribution in [1.29, 1.82) is 0 Å². The first kappa shape index (κ1) is 25.2. The average molecular weight is 468 g/mol. The lowest BCUT2D eigenvalue weighted by Gasteiger charge is -2.20. The SMILES string of the molecule is CC(C)(C)OC(=O)Nc1ccccc1NC(=O)c1ccc(C(=O)NCCCN2CCCC2)cn1. The summed E-state index contributed by atoms with van der Waals surface area (Å²) >= 11 is 0. The van der Waals surface area contributed by atoms with Gasteiger partial charge in [0.15, 0.2) is 0 Å². The van der Waals surface area contributed by atoms with Crippen molar-refractivity contribution in [3.05, 3.63) is 53.9 Å². The van der Waals surface area contributed by atoms with E-state index >= 15 is 0 Å². The zero-order valence-electron chi connectivity index (χ0n) is 20.0. The van der Waals surface area contributed by atoms with E-state index in [9.17, 15) is 14.4 Å². The number of likely N-dealkylation sites (tertiary alicyclic amines) is 1. The Morgan fingerprint density at radius 3 is 2.26 bits per heavy atom. The van der Waals surface area contributed by atoms with Gasteiger partial charge < -0.3 is 20.3 Å². The Morgan fingerprint density at radius 1 is 0.971 bits per heavy atom. The van der Waals surface area contributed by atoms with Crippen LogP contribution in [0.1, 0.15) is 60.9 Å². The van der Waals surface area contributed by atoms with Gasteiger partial charge in [-0.25, -0.2) is 4.79 Å². The summed E-state index contributed by atoms with van der Waals surface area (Å²) in [5, 5.41) is 8.27. The number of anilines is 2. The second kappa shape index (κ2) is 11.6. The third kappa shape index (κ3) is 7.84. The Labute approximate surface area is 200 Å². The molecule has 3 amide bonds. The molecule has 3 rings (SSSR count). The summed E-state index contributed by atoms with van der Waals surface area (Å²) < 4.78 is 5.27. The summed E-state index contributed by atoms with van der Waals surface area (Å²) in [6.45, 7) is 9.17. The van der Waals surface area contributed by atoms with Gasteiger partial charge in [-0.3, -0.25) is 19.9 Å². The zero-order chi connectivity index (χ0) is 24.6. The van der Waals surface area contributed by atoms with Crippen LogP contribution >= 0.6 is 0 Å². The smallest absolute Gasteiger partial charge is 0.412 e. The number of aromatic nitrogens is 1. The fraction of sp³-hybridized carbons (Fsp3) is 0.440. The molecule has 2 heterocycles. The minimum atomic E-state index is -0.645. The highest BCUT2D eigenvalue weighted by atomic mass is 16.6. The first-order valence-electron chi connectivity index (χ1n) is 11.6. The van der Waals surface area contributed by atoms with Crippen LogP contribution in [0.4, 0.5) is 16.2 Å². The van der Waals surface area contributed by atoms with Crippen molar-refractivity contribution in [2.45, 2.75) is 45.6 Å². The Kier molecular flexibility index (Phi) is 8.59. The Morgan fingerprint density at radius 2 is 1.65 bits per heavy atom. The van der Waals surface area contributed by atoms with E-state index in [-0.39, 0.29) is 11.6 Å². The summed E-state index contributed by atoms with van der Waals surface area (Å²) in [6.07, 6.45) is 4.17. The minimum absolute atomic E-state index is 0.151. The average Bonchev–Trinajstić information content (AvgIpc) is 3.30. The molecular formula is C25H33N5O4. The number of hydrogen-bond acceptors (Lipinski definition) is 6. The largest absolute Gasteiger partial charge is 0.444 e. The molecule has 182 valence electrons. The number of nitrogens with one attached hydrogen (secondary N) is 3. The molecule has 0 saturated carbocycles. The van der Waals surface area contributed by atoms with Crippen LogP contribution in [0.5, 0.6) is 0 Å². The van der Waals surface area contributed by atoms with Gasteiger partial charge in [0, 0.05) is 12.7 Å². The standard InChI is InChI=1S/C25H33N5O4/c1-25(2,3)34-24(33)29-20-10-5-4-9-19(20)28-23(32)21-12-11-18(17-27-21)22(31)26-13-8-16-30-14-6-7-15-30/h4-5,9-12,17H,6-8,13-16H2,1-3H3,(H,26,31)(H,28,32)(H,29,33). The summed E-state index contributed by atoms with van der Waals surface area (Å²) in [6, 6.07) is 9.86. The molecule has 0 aliphatic carbocycles. The van der Waals surface area contributed by atoms with Gasteiger partial charge in [0.25, 0.3) is 11.8 Å². The second-order valence-electron chi connectivity index (χ2n) is 9.22. The summed E-state index contributed by atoms with van der Waals surface area (Å²) in [4.78, 5) is 43.7. The number of benzene rings is 1. The number of para-hydroxylation sites is 2. The monoisotopic (exact) mass is 467 g/mol. The first-order chi connectivity index (χ1) is 16.2. The third-order valence-corrected chi connectivity index (χ3v) is 5.20. The fourth-order valence-corrected chi connectivity index (χ4v) is 3.58. The van der Waals surface area contributed by atoms with Crippen molar-refractivity contribution in [3.8, 4) is 0 Å². The second-order valence-corrected chi connectivity index (χ2v) is 9.22. The van der Waals surface area contributed by atoms with Crippen LogP contribution < -0.4 is 16.0 Å². The topological polar surface area (TPSA) is 113 Å². The molecule has 1 saturated heterocycles. The fourth-order valence-electron chi connectivity index (χ4n) is 3.58. The van der Waals surface area contributed by atoms with Crippen molar-refractivity contribution in [3.63, 3.8) is 0 Å². The number of carbonyl (C=O) groups excluding carboxylic acids is 3. The number of nitrogens with zero attached hydrogens (tertiary/aromatic N) is 2. The Bertz CT molecular complexity index is 995. The van der Waals surface area contributed by atoms with Gasteiger partial charge in [-0.2, -0.15) is 0 Å². The maximum Gasteiger partial charge on any atom is 0.412 e. The van der Waals surface area contributed by atoms with Crippen molar-refractivity contribution < 1.29 is 19.1 Å². The lowest BCUT2D eigenvalue weighted by molar-refractivity contribution is 0.0635. The number of amides is 3.